The van der Waals surface area contributed by atoms with Crippen LogP contribution in [0.15, 0.2) is 36.8 Å². The van der Waals surface area contributed by atoms with Gasteiger partial charge in [-0.15, -0.1) is 0 Å². The Balaban J connectivity index is 1.72. The fourth-order valence-electron chi connectivity index (χ4n) is 2.52. The molecule has 1 fully saturated rings. The van der Waals surface area contributed by atoms with Crippen LogP contribution in [0.4, 0.5) is 5.82 Å². The minimum atomic E-state index is -0.235. The number of carbonyl (C=O) groups excluding carboxylic acids is 1. The van der Waals surface area contributed by atoms with Gasteiger partial charge in [-0.1, -0.05) is 6.07 Å². The van der Waals surface area contributed by atoms with Crippen molar-refractivity contribution in [3.05, 3.63) is 48.2 Å². The highest BCUT2D eigenvalue weighted by Gasteiger charge is 2.28. The van der Waals surface area contributed by atoms with Gasteiger partial charge in [0.1, 0.15) is 11.9 Å². The molecule has 2 aromatic heterocycles. The normalized spacial score (nSPS) is 17.8. The number of anilines is 1. The summed E-state index contributed by atoms with van der Waals surface area (Å²) in [4.78, 5) is 26.4. The molecule has 1 atom stereocenters. The average molecular weight is 313 g/mol. The van der Waals surface area contributed by atoms with Crippen LogP contribution in [0.5, 0.6) is 0 Å². The molecule has 1 N–H and O–H groups in total. The summed E-state index contributed by atoms with van der Waals surface area (Å²) in [5, 5.41) is 3.25. The Hall–Kier alpha value is -2.54. The van der Waals surface area contributed by atoms with E-state index in [2.05, 4.69) is 20.3 Å². The van der Waals surface area contributed by atoms with Gasteiger partial charge < -0.3 is 15.0 Å². The molecule has 3 heterocycles. The zero-order chi connectivity index (χ0) is 16.1. The van der Waals surface area contributed by atoms with Crippen LogP contribution in [0.1, 0.15) is 24.4 Å². The molecule has 1 amide bonds. The predicted octanol–water partition coefficient (Wildman–Crippen LogP) is 1.40. The third-order valence-corrected chi connectivity index (χ3v) is 3.70. The largest absolute Gasteiger partial charge is 0.377 e. The Morgan fingerprint density at radius 1 is 1.43 bits per heavy atom. The molecule has 1 aliphatic heterocycles. The van der Waals surface area contributed by atoms with Crippen molar-refractivity contribution in [3.8, 4) is 0 Å². The topological polar surface area (TPSA) is 80.2 Å². The Labute approximate surface area is 134 Å². The molecular formula is C16H19N5O2. The molecule has 0 spiro atoms. The molecule has 1 saturated heterocycles. The van der Waals surface area contributed by atoms with E-state index in [-0.39, 0.29) is 11.9 Å². The molecule has 0 aromatic carbocycles. The maximum Gasteiger partial charge on any atom is 0.220 e. The summed E-state index contributed by atoms with van der Waals surface area (Å²) < 4.78 is 5.48. The minimum absolute atomic E-state index is 0.00984. The van der Waals surface area contributed by atoms with E-state index in [1.165, 1.54) is 0 Å². The zero-order valence-electron chi connectivity index (χ0n) is 13.0. The molecule has 0 saturated carbocycles. The van der Waals surface area contributed by atoms with Crippen LogP contribution in [-0.2, 0) is 16.1 Å². The Morgan fingerprint density at radius 2 is 2.35 bits per heavy atom. The molecule has 0 bridgehead atoms. The first-order valence-corrected chi connectivity index (χ1v) is 7.54. The number of carbonyl (C=O) groups is 1. The first kappa shape index (κ1) is 15.4. The van der Waals surface area contributed by atoms with Gasteiger partial charge in [-0.3, -0.25) is 9.78 Å². The number of rotatable bonds is 4. The van der Waals surface area contributed by atoms with Crippen molar-refractivity contribution in [2.75, 3.05) is 25.1 Å². The summed E-state index contributed by atoms with van der Waals surface area (Å²) in [7, 11) is 0. The third kappa shape index (κ3) is 3.81. The summed E-state index contributed by atoms with van der Waals surface area (Å²) >= 11 is 0. The lowest BCUT2D eigenvalue weighted by Crippen LogP contribution is -2.43. The van der Waals surface area contributed by atoms with Crippen molar-refractivity contribution in [1.29, 1.82) is 0 Å². The summed E-state index contributed by atoms with van der Waals surface area (Å²) in [6.07, 6.45) is 5.24. The number of hydrogen-bond acceptors (Lipinski definition) is 6. The fourth-order valence-corrected chi connectivity index (χ4v) is 2.52. The van der Waals surface area contributed by atoms with Crippen LogP contribution in [0.3, 0.4) is 0 Å². The maximum atomic E-state index is 11.8. The zero-order valence-corrected chi connectivity index (χ0v) is 13.0. The molecule has 0 aliphatic carbocycles. The van der Waals surface area contributed by atoms with Crippen molar-refractivity contribution < 1.29 is 9.53 Å². The Kier molecular flexibility index (Phi) is 4.77. The van der Waals surface area contributed by atoms with Gasteiger partial charge in [0.15, 0.2) is 5.82 Å². The molecule has 120 valence electrons. The van der Waals surface area contributed by atoms with Gasteiger partial charge in [0.25, 0.3) is 0 Å². The van der Waals surface area contributed by atoms with Gasteiger partial charge in [-0.2, -0.15) is 0 Å². The van der Waals surface area contributed by atoms with E-state index in [1.54, 1.807) is 24.2 Å². The van der Waals surface area contributed by atoms with Crippen LogP contribution < -0.4 is 5.32 Å². The number of aromatic nitrogens is 3. The number of nitrogens with one attached hydrogen (secondary N) is 1. The van der Waals surface area contributed by atoms with Crippen LogP contribution in [-0.4, -0.2) is 45.5 Å². The van der Waals surface area contributed by atoms with E-state index in [0.717, 1.165) is 5.56 Å². The van der Waals surface area contributed by atoms with E-state index >= 15 is 0 Å². The third-order valence-electron chi connectivity index (χ3n) is 3.70. The van der Waals surface area contributed by atoms with Crippen LogP contribution in [0, 0.1) is 0 Å². The monoisotopic (exact) mass is 313 g/mol. The molecule has 3 rings (SSSR count). The lowest BCUT2D eigenvalue weighted by atomic mass is 10.2. The Bertz CT molecular complexity index is 665. The van der Waals surface area contributed by atoms with E-state index < -0.39 is 0 Å². The lowest BCUT2D eigenvalue weighted by Gasteiger charge is -2.33. The van der Waals surface area contributed by atoms with Gasteiger partial charge in [-0.05, 0) is 17.7 Å². The second-order valence-corrected chi connectivity index (χ2v) is 5.32. The lowest BCUT2D eigenvalue weighted by molar-refractivity contribution is -0.138. The highest BCUT2D eigenvalue weighted by atomic mass is 16.5. The number of hydrogen-bond donors (Lipinski definition) is 1. The predicted molar refractivity (Wildman–Crippen MR) is 84.5 cm³/mol. The molecule has 7 heteroatoms. The summed E-state index contributed by atoms with van der Waals surface area (Å²) in [6.45, 7) is 3.72. The smallest absolute Gasteiger partial charge is 0.220 e. The van der Waals surface area contributed by atoms with Gasteiger partial charge in [0, 0.05) is 38.6 Å². The maximum absolute atomic E-state index is 11.8. The number of ether oxygens (including phenoxy) is 1. The number of nitrogens with zero attached hydrogens (tertiary/aromatic N) is 4. The number of amides is 1. The molecule has 1 aliphatic rings. The van der Waals surface area contributed by atoms with E-state index in [1.807, 2.05) is 24.4 Å². The fraction of sp³-hybridized carbons (Fsp3) is 0.375. The van der Waals surface area contributed by atoms with Gasteiger partial charge in [0.05, 0.1) is 13.2 Å². The second-order valence-electron chi connectivity index (χ2n) is 5.32. The number of morpholine rings is 1. The highest BCUT2D eigenvalue weighted by molar-refractivity contribution is 5.73. The molecule has 23 heavy (non-hydrogen) atoms. The molecular weight excluding hydrogens is 294 g/mol. The minimum Gasteiger partial charge on any atom is -0.377 e. The highest BCUT2D eigenvalue weighted by Crippen LogP contribution is 2.22. The summed E-state index contributed by atoms with van der Waals surface area (Å²) in [6, 6.07) is 5.46. The van der Waals surface area contributed by atoms with Gasteiger partial charge in [-0.25, -0.2) is 9.97 Å². The molecule has 7 nitrogen and oxygen atoms in total. The van der Waals surface area contributed by atoms with Crippen LogP contribution in [0.25, 0.3) is 0 Å². The van der Waals surface area contributed by atoms with Crippen molar-refractivity contribution >= 4 is 11.7 Å². The Morgan fingerprint density at radius 3 is 3.13 bits per heavy atom. The molecule has 0 unspecified atom stereocenters. The standard InChI is InChI=1S/C16H19N5O2/c1-12(22)21-7-8-23-11-14(21)16-18-6-4-15(20-16)19-10-13-3-2-5-17-9-13/h2-6,9,14H,7-8,10-11H2,1H3,(H,18,19,20)/t14-/m1/s1. The summed E-state index contributed by atoms with van der Waals surface area (Å²) in [5.41, 5.74) is 1.07. The van der Waals surface area contributed by atoms with Crippen molar-refractivity contribution in [3.63, 3.8) is 0 Å². The van der Waals surface area contributed by atoms with Crippen molar-refractivity contribution in [2.45, 2.75) is 19.5 Å². The first-order chi connectivity index (χ1) is 11.2. The van der Waals surface area contributed by atoms with Crippen LogP contribution >= 0.6 is 0 Å². The van der Waals surface area contributed by atoms with E-state index in [0.29, 0.717) is 37.9 Å². The van der Waals surface area contributed by atoms with E-state index in [4.69, 9.17) is 4.74 Å². The van der Waals surface area contributed by atoms with Crippen molar-refractivity contribution in [1.82, 2.24) is 19.9 Å². The van der Waals surface area contributed by atoms with Gasteiger partial charge in [0.2, 0.25) is 5.91 Å². The quantitative estimate of drug-likeness (QED) is 0.919. The molecule has 2 aromatic rings. The van der Waals surface area contributed by atoms with Crippen LogP contribution in [0.2, 0.25) is 0 Å². The number of pyridine rings is 1. The average Bonchev–Trinajstić information content (AvgIpc) is 2.61. The second kappa shape index (κ2) is 7.15. The van der Waals surface area contributed by atoms with Crippen molar-refractivity contribution in [2.24, 2.45) is 0 Å². The van der Waals surface area contributed by atoms with Gasteiger partial charge >= 0.3 is 0 Å². The molecule has 0 radical (unpaired) electrons. The first-order valence-electron chi connectivity index (χ1n) is 7.54. The summed E-state index contributed by atoms with van der Waals surface area (Å²) in [5.74, 6) is 1.32. The SMILES string of the molecule is CC(=O)N1CCOC[C@@H]1c1nccc(NCc2cccnc2)n1. The van der Waals surface area contributed by atoms with E-state index in [9.17, 15) is 4.79 Å².